The highest BCUT2D eigenvalue weighted by Gasteiger charge is 2.29. The van der Waals surface area contributed by atoms with Crippen LogP contribution in [0.3, 0.4) is 0 Å². The second kappa shape index (κ2) is 8.83. The number of nitro groups is 1. The molecule has 1 saturated heterocycles. The number of piperidine rings is 1. The molecule has 0 aliphatic carbocycles. The molecule has 0 bridgehead atoms. The molecule has 1 aromatic heterocycles. The van der Waals surface area contributed by atoms with Gasteiger partial charge in [-0.15, -0.1) is 0 Å². The van der Waals surface area contributed by atoms with Gasteiger partial charge in [0.25, 0.3) is 11.2 Å². The van der Waals surface area contributed by atoms with Gasteiger partial charge in [0.1, 0.15) is 5.02 Å². The molecule has 10 heteroatoms. The van der Waals surface area contributed by atoms with Crippen molar-refractivity contribution in [1.29, 1.82) is 0 Å². The van der Waals surface area contributed by atoms with Gasteiger partial charge in [-0.3, -0.25) is 19.7 Å². The van der Waals surface area contributed by atoms with Crippen molar-refractivity contribution in [2.45, 2.75) is 32.7 Å². The highest BCUT2D eigenvalue weighted by atomic mass is 35.5. The molecule has 1 aromatic carbocycles. The zero-order valence-electron chi connectivity index (χ0n) is 17.1. The molecule has 0 radical (unpaired) electrons. The molecular weight excluding hydrogens is 410 g/mol. The first-order valence-electron chi connectivity index (χ1n) is 9.75. The minimum Gasteiger partial charge on any atom is -0.369 e. The standard InChI is InChI=1S/C20H24ClN5O4/c1-13(2)23(3)19(27)14-8-10-24(11-9-14)17-12-22-25(20(28)18(17)21)15-4-6-16(7-5-15)26(29)30/h4-7,12-14H,8-11H2,1-3H3. The number of halogens is 1. The fourth-order valence-corrected chi connectivity index (χ4v) is 3.70. The van der Waals surface area contributed by atoms with E-state index in [1.807, 2.05) is 25.8 Å². The third kappa shape index (κ3) is 4.30. The quantitative estimate of drug-likeness (QED) is 0.530. The van der Waals surface area contributed by atoms with Crippen LogP contribution >= 0.6 is 11.6 Å². The monoisotopic (exact) mass is 433 g/mol. The Balaban J connectivity index is 1.76. The molecule has 30 heavy (non-hydrogen) atoms. The number of non-ortho nitro benzene ring substituents is 1. The van der Waals surface area contributed by atoms with Gasteiger partial charge >= 0.3 is 0 Å². The summed E-state index contributed by atoms with van der Waals surface area (Å²) in [6.45, 7) is 5.17. The third-order valence-electron chi connectivity index (χ3n) is 5.51. The highest BCUT2D eigenvalue weighted by Crippen LogP contribution is 2.28. The Morgan fingerprint density at radius 2 is 1.87 bits per heavy atom. The summed E-state index contributed by atoms with van der Waals surface area (Å²) in [5.41, 5.74) is 0.346. The van der Waals surface area contributed by atoms with E-state index >= 15 is 0 Å². The Labute approximate surface area is 179 Å². The number of carbonyl (C=O) groups is 1. The van der Waals surface area contributed by atoms with Crippen molar-refractivity contribution in [1.82, 2.24) is 14.7 Å². The van der Waals surface area contributed by atoms with E-state index in [1.165, 1.54) is 30.5 Å². The first kappa shape index (κ1) is 21.8. The van der Waals surface area contributed by atoms with Crippen molar-refractivity contribution < 1.29 is 9.72 Å². The van der Waals surface area contributed by atoms with Crippen molar-refractivity contribution in [3.8, 4) is 5.69 Å². The van der Waals surface area contributed by atoms with Crippen molar-refractivity contribution in [2.24, 2.45) is 5.92 Å². The van der Waals surface area contributed by atoms with Crippen molar-refractivity contribution in [3.63, 3.8) is 0 Å². The summed E-state index contributed by atoms with van der Waals surface area (Å²) in [5, 5.41) is 15.0. The van der Waals surface area contributed by atoms with E-state index in [0.717, 1.165) is 4.68 Å². The Kier molecular flexibility index (Phi) is 6.40. The number of nitrogens with zero attached hydrogens (tertiary/aromatic N) is 5. The zero-order valence-corrected chi connectivity index (χ0v) is 17.9. The molecule has 2 heterocycles. The maximum Gasteiger partial charge on any atom is 0.292 e. The average molecular weight is 434 g/mol. The average Bonchev–Trinajstić information content (AvgIpc) is 2.74. The molecule has 1 fully saturated rings. The van der Waals surface area contributed by atoms with Gasteiger partial charge in [0, 0.05) is 44.2 Å². The van der Waals surface area contributed by atoms with E-state index in [9.17, 15) is 19.7 Å². The lowest BCUT2D eigenvalue weighted by Gasteiger charge is -2.35. The number of anilines is 1. The van der Waals surface area contributed by atoms with E-state index < -0.39 is 10.5 Å². The van der Waals surface area contributed by atoms with Crippen LogP contribution in [0.5, 0.6) is 0 Å². The van der Waals surface area contributed by atoms with E-state index in [0.29, 0.717) is 37.3 Å². The van der Waals surface area contributed by atoms with Crippen molar-refractivity contribution >= 4 is 28.9 Å². The largest absolute Gasteiger partial charge is 0.369 e. The normalized spacial score (nSPS) is 14.8. The molecular formula is C20H24ClN5O4. The van der Waals surface area contributed by atoms with Gasteiger partial charge in [-0.2, -0.15) is 9.78 Å². The first-order valence-corrected chi connectivity index (χ1v) is 10.1. The summed E-state index contributed by atoms with van der Waals surface area (Å²) in [5.74, 6) is 0.100. The van der Waals surface area contributed by atoms with Crippen molar-refractivity contribution in [3.05, 3.63) is 56.0 Å². The minimum absolute atomic E-state index is 0.0347. The summed E-state index contributed by atoms with van der Waals surface area (Å²) < 4.78 is 1.11. The lowest BCUT2D eigenvalue weighted by molar-refractivity contribution is -0.384. The molecule has 0 spiro atoms. The van der Waals surface area contributed by atoms with E-state index in [-0.39, 0.29) is 28.6 Å². The molecule has 3 rings (SSSR count). The molecule has 0 atom stereocenters. The van der Waals surface area contributed by atoms with Crippen LogP contribution in [0.1, 0.15) is 26.7 Å². The highest BCUT2D eigenvalue weighted by molar-refractivity contribution is 6.33. The summed E-state index contributed by atoms with van der Waals surface area (Å²) in [7, 11) is 1.82. The van der Waals surface area contributed by atoms with E-state index in [2.05, 4.69) is 5.10 Å². The molecule has 2 aromatic rings. The van der Waals surface area contributed by atoms with Gasteiger partial charge in [0.05, 0.1) is 22.5 Å². The molecule has 0 saturated carbocycles. The van der Waals surface area contributed by atoms with Crippen LogP contribution in [0.2, 0.25) is 5.02 Å². The van der Waals surface area contributed by atoms with Crippen LogP contribution in [0.15, 0.2) is 35.3 Å². The van der Waals surface area contributed by atoms with Crippen LogP contribution < -0.4 is 10.5 Å². The Hall–Kier alpha value is -2.94. The summed E-state index contributed by atoms with van der Waals surface area (Å²) in [6, 6.07) is 5.67. The lowest BCUT2D eigenvalue weighted by atomic mass is 9.94. The second-order valence-corrected chi connectivity index (χ2v) is 8.02. The van der Waals surface area contributed by atoms with Crippen LogP contribution in [-0.4, -0.2) is 51.7 Å². The SMILES string of the molecule is CC(C)N(C)C(=O)C1CCN(c2cnn(-c3ccc([N+](=O)[O-])cc3)c(=O)c2Cl)CC1. The van der Waals surface area contributed by atoms with E-state index in [1.54, 1.807) is 4.90 Å². The summed E-state index contributed by atoms with van der Waals surface area (Å²) in [4.78, 5) is 39.3. The number of nitro benzene ring substituents is 1. The van der Waals surface area contributed by atoms with Crippen LogP contribution in [0.4, 0.5) is 11.4 Å². The van der Waals surface area contributed by atoms with Gasteiger partial charge in [-0.25, -0.2) is 0 Å². The maximum atomic E-state index is 12.7. The van der Waals surface area contributed by atoms with Gasteiger partial charge in [0.15, 0.2) is 0 Å². The van der Waals surface area contributed by atoms with Crippen molar-refractivity contribution in [2.75, 3.05) is 25.0 Å². The Morgan fingerprint density at radius 3 is 2.40 bits per heavy atom. The number of aromatic nitrogens is 2. The van der Waals surface area contributed by atoms with Crippen LogP contribution in [0.25, 0.3) is 5.69 Å². The zero-order chi connectivity index (χ0) is 22.0. The third-order valence-corrected chi connectivity index (χ3v) is 5.87. The number of carbonyl (C=O) groups excluding carboxylic acids is 1. The second-order valence-electron chi connectivity index (χ2n) is 7.64. The van der Waals surface area contributed by atoms with Crippen LogP contribution in [0, 0.1) is 16.0 Å². The summed E-state index contributed by atoms with van der Waals surface area (Å²) >= 11 is 6.36. The summed E-state index contributed by atoms with van der Waals surface area (Å²) in [6.07, 6.45) is 2.88. The Morgan fingerprint density at radius 1 is 1.27 bits per heavy atom. The fourth-order valence-electron chi connectivity index (χ4n) is 3.45. The lowest BCUT2D eigenvalue weighted by Crippen LogP contribution is -2.43. The predicted molar refractivity (Wildman–Crippen MR) is 114 cm³/mol. The van der Waals surface area contributed by atoms with Gasteiger partial charge < -0.3 is 9.80 Å². The molecule has 9 nitrogen and oxygen atoms in total. The molecule has 0 unspecified atom stereocenters. The topological polar surface area (TPSA) is 102 Å². The van der Waals surface area contributed by atoms with Gasteiger partial charge in [0.2, 0.25) is 5.91 Å². The molecule has 1 aliphatic heterocycles. The number of hydrogen-bond donors (Lipinski definition) is 0. The smallest absolute Gasteiger partial charge is 0.292 e. The minimum atomic E-state index is -0.511. The number of amides is 1. The van der Waals surface area contributed by atoms with Crippen LogP contribution in [-0.2, 0) is 4.79 Å². The maximum absolute atomic E-state index is 12.7. The Bertz CT molecular complexity index is 997. The van der Waals surface area contributed by atoms with Gasteiger partial charge in [-0.1, -0.05) is 11.6 Å². The fraction of sp³-hybridized carbons (Fsp3) is 0.450. The van der Waals surface area contributed by atoms with E-state index in [4.69, 9.17) is 11.6 Å². The molecule has 1 amide bonds. The predicted octanol–water partition coefficient (Wildman–Crippen LogP) is 2.88. The first-order chi connectivity index (χ1) is 14.2. The molecule has 160 valence electrons. The molecule has 0 N–H and O–H groups in total. The van der Waals surface area contributed by atoms with Gasteiger partial charge in [-0.05, 0) is 38.8 Å². The number of hydrogen-bond acceptors (Lipinski definition) is 6. The molecule has 1 aliphatic rings. The number of benzene rings is 1. The number of rotatable bonds is 5.